The van der Waals surface area contributed by atoms with Gasteiger partial charge in [0.05, 0.1) is 6.20 Å². The summed E-state index contributed by atoms with van der Waals surface area (Å²) in [5, 5.41) is 4.74. The highest BCUT2D eigenvalue weighted by Crippen LogP contribution is 2.18. The van der Waals surface area contributed by atoms with Crippen LogP contribution in [0.4, 0.5) is 0 Å². The first-order valence-corrected chi connectivity index (χ1v) is 4.96. The monoisotopic (exact) mass is 210 g/mol. The Morgan fingerprint density at radius 1 is 1.43 bits per heavy atom. The highest BCUT2D eigenvalue weighted by atomic mass is 35.5. The van der Waals surface area contributed by atoms with Gasteiger partial charge in [0.1, 0.15) is 16.9 Å². The summed E-state index contributed by atoms with van der Waals surface area (Å²) >= 11 is 5.95. The average molecular weight is 211 g/mol. The molecule has 0 spiro atoms. The third kappa shape index (κ3) is 1.57. The highest BCUT2D eigenvalue weighted by molar-refractivity contribution is 6.33. The molecule has 0 radical (unpaired) electrons. The van der Waals surface area contributed by atoms with Gasteiger partial charge in [-0.3, -0.25) is 4.68 Å². The van der Waals surface area contributed by atoms with E-state index < -0.39 is 0 Å². The summed E-state index contributed by atoms with van der Waals surface area (Å²) in [5.74, 6) is 0.679. The average Bonchev–Trinajstić information content (AvgIpc) is 2.48. The molecular formula is C9H11ClN4. The largest absolute Gasteiger partial charge is 0.270 e. The molecular weight excluding hydrogens is 200 g/mol. The Kier molecular flexibility index (Phi) is 2.37. The Labute approximate surface area is 86.9 Å². The van der Waals surface area contributed by atoms with Crippen molar-refractivity contribution in [2.24, 2.45) is 0 Å². The zero-order valence-electron chi connectivity index (χ0n) is 8.16. The summed E-state index contributed by atoms with van der Waals surface area (Å²) in [7, 11) is 0. The Bertz CT molecular complexity index is 463. The van der Waals surface area contributed by atoms with E-state index in [1.807, 2.05) is 17.8 Å². The number of aryl methyl sites for hydroxylation is 2. The van der Waals surface area contributed by atoms with E-state index in [0.29, 0.717) is 16.5 Å². The van der Waals surface area contributed by atoms with Gasteiger partial charge in [-0.15, -0.1) is 0 Å². The predicted molar refractivity (Wildman–Crippen MR) is 55.4 cm³/mol. The third-order valence-electron chi connectivity index (χ3n) is 1.93. The number of hydrogen-bond donors (Lipinski definition) is 0. The van der Waals surface area contributed by atoms with Gasteiger partial charge in [-0.05, 0) is 13.3 Å². The van der Waals surface area contributed by atoms with Crippen LogP contribution in [0, 0.1) is 6.92 Å². The van der Waals surface area contributed by atoms with Gasteiger partial charge in [-0.25, -0.2) is 9.97 Å². The summed E-state index contributed by atoms with van der Waals surface area (Å²) in [4.78, 5) is 8.31. The van der Waals surface area contributed by atoms with Crippen LogP contribution in [0.15, 0.2) is 6.20 Å². The molecule has 2 aromatic heterocycles. The lowest BCUT2D eigenvalue weighted by atomic mass is 10.4. The molecule has 14 heavy (non-hydrogen) atoms. The van der Waals surface area contributed by atoms with Gasteiger partial charge in [-0.2, -0.15) is 5.10 Å². The van der Waals surface area contributed by atoms with Crippen LogP contribution in [-0.2, 0) is 6.54 Å². The van der Waals surface area contributed by atoms with E-state index in [1.54, 1.807) is 0 Å². The lowest BCUT2D eigenvalue weighted by Crippen LogP contribution is -1.95. The minimum atomic E-state index is 0.433. The molecule has 0 aliphatic rings. The maximum absolute atomic E-state index is 5.95. The number of fused-ring (bicyclic) bond motifs is 1. The van der Waals surface area contributed by atoms with Crippen LogP contribution in [0.2, 0.25) is 5.15 Å². The molecule has 2 heterocycles. The summed E-state index contributed by atoms with van der Waals surface area (Å²) in [6.07, 6.45) is 2.94. The molecule has 2 aromatic rings. The fourth-order valence-electron chi connectivity index (χ4n) is 1.38. The van der Waals surface area contributed by atoms with Gasteiger partial charge < -0.3 is 0 Å². The molecule has 0 atom stereocenters. The normalized spacial score (nSPS) is 11.1. The summed E-state index contributed by atoms with van der Waals surface area (Å²) in [6, 6.07) is 0. The van der Waals surface area contributed by atoms with Crippen LogP contribution in [0.5, 0.6) is 0 Å². The predicted octanol–water partition coefficient (Wildman–Crippen LogP) is 2.20. The smallest absolute Gasteiger partial charge is 0.160 e. The Hall–Kier alpha value is -1.16. The molecule has 0 amide bonds. The van der Waals surface area contributed by atoms with Crippen molar-refractivity contribution in [3.63, 3.8) is 0 Å². The van der Waals surface area contributed by atoms with Gasteiger partial charge in [-0.1, -0.05) is 18.5 Å². The van der Waals surface area contributed by atoms with E-state index in [2.05, 4.69) is 22.0 Å². The second-order valence-electron chi connectivity index (χ2n) is 3.19. The van der Waals surface area contributed by atoms with Gasteiger partial charge in [0.15, 0.2) is 5.15 Å². The molecule has 0 fully saturated rings. The van der Waals surface area contributed by atoms with Crippen molar-refractivity contribution in [3.8, 4) is 0 Å². The minimum absolute atomic E-state index is 0.433. The van der Waals surface area contributed by atoms with Crippen molar-refractivity contribution in [3.05, 3.63) is 17.2 Å². The molecule has 0 bridgehead atoms. The van der Waals surface area contributed by atoms with Gasteiger partial charge >= 0.3 is 0 Å². The van der Waals surface area contributed by atoms with Crippen LogP contribution >= 0.6 is 11.6 Å². The molecule has 4 nitrogen and oxygen atoms in total. The standard InChI is InChI=1S/C9H11ClN4/c1-3-4-14-5-7-8(13-14)9(10)12-6(2)11-7/h5H,3-4H2,1-2H3. The molecule has 74 valence electrons. The van der Waals surface area contributed by atoms with Gasteiger partial charge in [0.2, 0.25) is 0 Å². The van der Waals surface area contributed by atoms with E-state index in [-0.39, 0.29) is 0 Å². The summed E-state index contributed by atoms with van der Waals surface area (Å²) in [5.41, 5.74) is 1.50. The topological polar surface area (TPSA) is 43.6 Å². The molecule has 2 rings (SSSR count). The zero-order valence-corrected chi connectivity index (χ0v) is 8.91. The van der Waals surface area contributed by atoms with Gasteiger partial charge in [0.25, 0.3) is 0 Å². The number of hydrogen-bond acceptors (Lipinski definition) is 3. The maximum atomic E-state index is 5.95. The molecule has 0 aromatic carbocycles. The number of nitrogens with zero attached hydrogens (tertiary/aromatic N) is 4. The molecule has 0 N–H and O–H groups in total. The second kappa shape index (κ2) is 3.53. The van der Waals surface area contributed by atoms with E-state index in [1.165, 1.54) is 0 Å². The Balaban J connectivity index is 2.58. The van der Waals surface area contributed by atoms with Crippen molar-refractivity contribution in [2.75, 3.05) is 0 Å². The number of halogens is 1. The SMILES string of the molecule is CCCn1cc2nc(C)nc(Cl)c2n1. The molecule has 0 aliphatic heterocycles. The van der Waals surface area contributed by atoms with Crippen molar-refractivity contribution < 1.29 is 0 Å². The molecule has 0 aliphatic carbocycles. The second-order valence-corrected chi connectivity index (χ2v) is 3.55. The lowest BCUT2D eigenvalue weighted by Gasteiger charge is -1.93. The minimum Gasteiger partial charge on any atom is -0.270 e. The third-order valence-corrected chi connectivity index (χ3v) is 2.20. The summed E-state index contributed by atoms with van der Waals surface area (Å²) in [6.45, 7) is 4.80. The van der Waals surface area contributed by atoms with Crippen molar-refractivity contribution in [1.29, 1.82) is 0 Å². The van der Waals surface area contributed by atoms with Gasteiger partial charge in [0, 0.05) is 6.54 Å². The fraction of sp³-hybridized carbons (Fsp3) is 0.444. The molecule has 0 saturated carbocycles. The quantitative estimate of drug-likeness (QED) is 0.714. The lowest BCUT2D eigenvalue weighted by molar-refractivity contribution is 0.608. The van der Waals surface area contributed by atoms with E-state index >= 15 is 0 Å². The Morgan fingerprint density at radius 3 is 2.93 bits per heavy atom. The first kappa shape index (κ1) is 9.40. The van der Waals surface area contributed by atoms with Crippen LogP contribution in [0.3, 0.4) is 0 Å². The molecule has 0 saturated heterocycles. The van der Waals surface area contributed by atoms with Crippen molar-refractivity contribution >= 4 is 22.6 Å². The fourth-order valence-corrected chi connectivity index (χ4v) is 1.63. The van der Waals surface area contributed by atoms with Crippen LogP contribution in [-0.4, -0.2) is 19.7 Å². The maximum Gasteiger partial charge on any atom is 0.160 e. The highest BCUT2D eigenvalue weighted by Gasteiger charge is 2.07. The molecule has 5 heteroatoms. The van der Waals surface area contributed by atoms with Crippen LogP contribution in [0.1, 0.15) is 19.2 Å². The first-order chi connectivity index (χ1) is 6.70. The zero-order chi connectivity index (χ0) is 10.1. The number of aromatic nitrogens is 4. The number of rotatable bonds is 2. The van der Waals surface area contributed by atoms with Crippen molar-refractivity contribution in [1.82, 2.24) is 19.7 Å². The van der Waals surface area contributed by atoms with E-state index in [0.717, 1.165) is 18.5 Å². The van der Waals surface area contributed by atoms with Crippen molar-refractivity contribution in [2.45, 2.75) is 26.8 Å². The van der Waals surface area contributed by atoms with Crippen LogP contribution < -0.4 is 0 Å². The Morgan fingerprint density at radius 2 is 2.21 bits per heavy atom. The van der Waals surface area contributed by atoms with E-state index in [9.17, 15) is 0 Å². The first-order valence-electron chi connectivity index (χ1n) is 4.58. The molecule has 0 unspecified atom stereocenters. The van der Waals surface area contributed by atoms with Crippen LogP contribution in [0.25, 0.3) is 11.0 Å². The summed E-state index contributed by atoms with van der Waals surface area (Å²) < 4.78 is 1.85. The van der Waals surface area contributed by atoms with E-state index in [4.69, 9.17) is 11.6 Å².